The number of rotatable bonds is 6. The van der Waals surface area contributed by atoms with Gasteiger partial charge in [0.25, 0.3) is 0 Å². The molecule has 1 aliphatic carbocycles. The summed E-state index contributed by atoms with van der Waals surface area (Å²) in [6.07, 6.45) is 11.2. The maximum absolute atomic E-state index is 11.7. The Kier molecular flexibility index (Phi) is 5.22. The number of carbonyl (C=O) groups excluding carboxylic acids is 3. The van der Waals surface area contributed by atoms with Crippen molar-refractivity contribution in [2.24, 2.45) is 5.92 Å². The van der Waals surface area contributed by atoms with E-state index in [0.29, 0.717) is 5.92 Å². The Bertz CT molecular complexity index is 596. The van der Waals surface area contributed by atoms with Gasteiger partial charge < -0.3 is 10.1 Å². The van der Waals surface area contributed by atoms with Crippen molar-refractivity contribution in [2.75, 3.05) is 0 Å². The summed E-state index contributed by atoms with van der Waals surface area (Å²) in [6, 6.07) is 0. The van der Waals surface area contributed by atoms with Crippen molar-refractivity contribution in [1.82, 2.24) is 5.32 Å². The standard InChI is InChI=1S/C17H19NO4/c1-11(2)8-6-4-3-5-7-9-14(20)18-12-10-13(19)16-17(22-16)15(12)21/h3-7,9-11,16-17H,8H2,1-2H3,(H,18,20)/b5-3+,6-4+,9-7+/t16-,17+/m0/s1. The Balaban J connectivity index is 1.79. The number of allylic oxidation sites excluding steroid dienone is 5. The minimum absolute atomic E-state index is 0.000733. The highest BCUT2D eigenvalue weighted by Gasteiger charge is 2.53. The van der Waals surface area contributed by atoms with Gasteiger partial charge in [0, 0.05) is 12.2 Å². The first-order chi connectivity index (χ1) is 10.5. The van der Waals surface area contributed by atoms with Gasteiger partial charge in [-0.3, -0.25) is 14.4 Å². The van der Waals surface area contributed by atoms with Gasteiger partial charge in [0.2, 0.25) is 11.7 Å². The highest BCUT2D eigenvalue weighted by molar-refractivity contribution is 6.17. The van der Waals surface area contributed by atoms with Gasteiger partial charge in [-0.15, -0.1) is 0 Å². The maximum atomic E-state index is 11.7. The quantitative estimate of drug-likeness (QED) is 0.459. The van der Waals surface area contributed by atoms with Crippen LogP contribution in [0.1, 0.15) is 20.3 Å². The number of epoxide rings is 1. The molecule has 1 saturated heterocycles. The van der Waals surface area contributed by atoms with Crippen LogP contribution in [0.3, 0.4) is 0 Å². The number of Topliss-reactive ketones (excluding diaryl/α,β-unsaturated/α-hetero) is 1. The number of ether oxygens (including phenoxy) is 1. The van der Waals surface area contributed by atoms with E-state index in [1.165, 1.54) is 6.08 Å². The predicted molar refractivity (Wildman–Crippen MR) is 81.8 cm³/mol. The molecule has 0 aromatic heterocycles. The molecule has 22 heavy (non-hydrogen) atoms. The Hall–Kier alpha value is -2.27. The highest BCUT2D eigenvalue weighted by Crippen LogP contribution is 2.30. The Morgan fingerprint density at radius 3 is 2.68 bits per heavy atom. The third-order valence-electron chi connectivity index (χ3n) is 3.16. The molecule has 1 heterocycles. The summed E-state index contributed by atoms with van der Waals surface area (Å²) in [5.74, 6) is -0.468. The van der Waals surface area contributed by atoms with E-state index in [4.69, 9.17) is 4.74 Å². The van der Waals surface area contributed by atoms with Gasteiger partial charge in [-0.05, 0) is 12.3 Å². The second-order valence-corrected chi connectivity index (χ2v) is 5.59. The fourth-order valence-electron chi connectivity index (χ4n) is 1.95. The minimum Gasteiger partial charge on any atom is -0.352 e. The van der Waals surface area contributed by atoms with Gasteiger partial charge in [0.05, 0.1) is 5.70 Å². The lowest BCUT2D eigenvalue weighted by molar-refractivity contribution is -0.122. The third-order valence-corrected chi connectivity index (χ3v) is 3.16. The zero-order chi connectivity index (χ0) is 16.1. The van der Waals surface area contributed by atoms with Gasteiger partial charge >= 0.3 is 0 Å². The van der Waals surface area contributed by atoms with Crippen LogP contribution in [0.4, 0.5) is 0 Å². The van der Waals surface area contributed by atoms with E-state index < -0.39 is 18.1 Å². The molecule has 5 heteroatoms. The second-order valence-electron chi connectivity index (χ2n) is 5.59. The fraction of sp³-hybridized carbons (Fsp3) is 0.353. The highest BCUT2D eigenvalue weighted by atomic mass is 16.6. The van der Waals surface area contributed by atoms with Crippen LogP contribution in [0.2, 0.25) is 0 Å². The molecule has 0 radical (unpaired) electrons. The van der Waals surface area contributed by atoms with Crippen LogP contribution in [-0.4, -0.2) is 29.7 Å². The molecule has 1 N–H and O–H groups in total. The number of hydrogen-bond donors (Lipinski definition) is 1. The second kappa shape index (κ2) is 7.13. The van der Waals surface area contributed by atoms with Crippen molar-refractivity contribution < 1.29 is 19.1 Å². The molecule has 0 saturated carbocycles. The maximum Gasteiger partial charge on any atom is 0.248 e. The van der Waals surface area contributed by atoms with Crippen LogP contribution in [0, 0.1) is 5.92 Å². The summed E-state index contributed by atoms with van der Waals surface area (Å²) in [5.41, 5.74) is -0.000733. The van der Waals surface area contributed by atoms with Crippen LogP contribution >= 0.6 is 0 Å². The van der Waals surface area contributed by atoms with E-state index in [1.807, 2.05) is 12.2 Å². The predicted octanol–water partition coefficient (Wildman–Crippen LogP) is 1.62. The Morgan fingerprint density at radius 1 is 1.23 bits per heavy atom. The summed E-state index contributed by atoms with van der Waals surface area (Å²) < 4.78 is 4.93. The molecule has 0 spiro atoms. The first kappa shape index (κ1) is 16.1. The zero-order valence-electron chi connectivity index (χ0n) is 12.6. The summed E-state index contributed by atoms with van der Waals surface area (Å²) in [4.78, 5) is 34.9. The summed E-state index contributed by atoms with van der Waals surface area (Å²) >= 11 is 0. The molecule has 0 bridgehead atoms. The Labute approximate surface area is 129 Å². The lowest BCUT2D eigenvalue weighted by Crippen LogP contribution is -2.33. The first-order valence-corrected chi connectivity index (χ1v) is 7.25. The van der Waals surface area contributed by atoms with E-state index in [2.05, 4.69) is 25.2 Å². The molecule has 5 nitrogen and oxygen atoms in total. The topological polar surface area (TPSA) is 75.8 Å². The van der Waals surface area contributed by atoms with Crippen LogP contribution in [0.5, 0.6) is 0 Å². The van der Waals surface area contributed by atoms with Crippen LogP contribution in [0.25, 0.3) is 0 Å². The third kappa shape index (κ3) is 4.36. The van der Waals surface area contributed by atoms with E-state index in [1.54, 1.807) is 12.2 Å². The lowest BCUT2D eigenvalue weighted by atomic mass is 10.0. The number of fused-ring (bicyclic) bond motifs is 1. The number of hydrogen-bond acceptors (Lipinski definition) is 4. The van der Waals surface area contributed by atoms with Gasteiger partial charge in [-0.2, -0.15) is 0 Å². The van der Waals surface area contributed by atoms with Gasteiger partial charge in [-0.1, -0.05) is 44.2 Å². The van der Waals surface area contributed by atoms with Crippen molar-refractivity contribution in [2.45, 2.75) is 32.5 Å². The summed E-state index contributed by atoms with van der Waals surface area (Å²) in [5, 5.41) is 2.41. The van der Waals surface area contributed by atoms with Crippen molar-refractivity contribution in [3.8, 4) is 0 Å². The van der Waals surface area contributed by atoms with Crippen LogP contribution < -0.4 is 5.32 Å². The smallest absolute Gasteiger partial charge is 0.248 e. The molecule has 1 amide bonds. The number of amides is 1. The van der Waals surface area contributed by atoms with Crippen LogP contribution in [0.15, 0.2) is 48.2 Å². The number of ketones is 2. The van der Waals surface area contributed by atoms with E-state index in [9.17, 15) is 14.4 Å². The van der Waals surface area contributed by atoms with Gasteiger partial charge in [0.15, 0.2) is 18.0 Å². The summed E-state index contributed by atoms with van der Waals surface area (Å²) in [6.45, 7) is 4.28. The van der Waals surface area contributed by atoms with Crippen molar-refractivity contribution >= 4 is 17.5 Å². The lowest BCUT2D eigenvalue weighted by Gasteiger charge is -2.07. The Morgan fingerprint density at radius 2 is 1.95 bits per heavy atom. The molecule has 0 aromatic carbocycles. The van der Waals surface area contributed by atoms with Crippen molar-refractivity contribution in [3.63, 3.8) is 0 Å². The molecular weight excluding hydrogens is 282 g/mol. The molecule has 2 aliphatic rings. The van der Waals surface area contributed by atoms with Crippen LogP contribution in [-0.2, 0) is 19.1 Å². The minimum atomic E-state index is -0.706. The number of nitrogens with one attached hydrogen (secondary N) is 1. The van der Waals surface area contributed by atoms with E-state index in [0.717, 1.165) is 12.5 Å². The molecule has 1 aliphatic heterocycles. The normalized spacial score (nSPS) is 24.4. The average Bonchev–Trinajstić information content (AvgIpc) is 3.24. The summed E-state index contributed by atoms with van der Waals surface area (Å²) in [7, 11) is 0. The average molecular weight is 301 g/mol. The fourth-order valence-corrected chi connectivity index (χ4v) is 1.95. The van der Waals surface area contributed by atoms with E-state index >= 15 is 0 Å². The van der Waals surface area contributed by atoms with Gasteiger partial charge in [-0.25, -0.2) is 0 Å². The molecule has 1 fully saturated rings. The van der Waals surface area contributed by atoms with Crippen molar-refractivity contribution in [1.29, 1.82) is 0 Å². The molecule has 0 unspecified atom stereocenters. The van der Waals surface area contributed by atoms with Gasteiger partial charge in [0.1, 0.15) is 0 Å². The SMILES string of the molecule is CC(C)C/C=C/C=C/C=C/C(=O)NC1=CC(=O)[C@@H]2O[C@@H]2C1=O. The molecule has 0 aromatic rings. The van der Waals surface area contributed by atoms with E-state index in [-0.39, 0.29) is 17.3 Å². The molecule has 116 valence electrons. The monoisotopic (exact) mass is 301 g/mol. The van der Waals surface area contributed by atoms with Crippen molar-refractivity contribution in [3.05, 3.63) is 48.2 Å². The first-order valence-electron chi connectivity index (χ1n) is 7.25. The number of carbonyl (C=O) groups is 3. The molecule has 2 rings (SSSR count). The molecule has 2 atom stereocenters. The molecular formula is C17H19NO4. The largest absolute Gasteiger partial charge is 0.352 e. The zero-order valence-corrected chi connectivity index (χ0v) is 12.6.